The Balaban J connectivity index is 1.23. The second-order valence-corrected chi connectivity index (χ2v) is 9.12. The van der Waals surface area contributed by atoms with Crippen LogP contribution in [0.2, 0.25) is 0 Å². The Morgan fingerprint density at radius 3 is 2.07 bits per heavy atom. The molecule has 4 aliphatic rings. The molecule has 4 aliphatic carbocycles. The summed E-state index contributed by atoms with van der Waals surface area (Å²) in [6, 6.07) is 21.3. The average Bonchev–Trinajstić information content (AvgIpc) is 3.08. The van der Waals surface area contributed by atoms with E-state index in [1.54, 1.807) is 0 Å². The van der Waals surface area contributed by atoms with Crippen molar-refractivity contribution in [3.63, 3.8) is 0 Å². The van der Waals surface area contributed by atoms with Crippen LogP contribution in [0.15, 0.2) is 60.7 Å². The Morgan fingerprint density at radius 1 is 0.926 bits per heavy atom. The normalized spacial score (nSPS) is 33.6. The van der Waals surface area contributed by atoms with Gasteiger partial charge in [0, 0.05) is 6.04 Å². The van der Waals surface area contributed by atoms with E-state index in [1.165, 1.54) is 24.8 Å². The number of nitrogens with one attached hydrogen (secondary N) is 1. The Morgan fingerprint density at radius 2 is 1.52 bits per heavy atom. The average molecular weight is 362 g/mol. The Labute approximate surface area is 163 Å². The molecule has 4 fully saturated rings. The van der Waals surface area contributed by atoms with E-state index >= 15 is 0 Å². The maximum atomic E-state index is 10.6. The van der Waals surface area contributed by atoms with Crippen molar-refractivity contribution < 1.29 is 5.11 Å². The molecule has 0 radical (unpaired) electrons. The number of rotatable bonds is 8. The van der Waals surface area contributed by atoms with Crippen molar-refractivity contribution in [3.05, 3.63) is 71.8 Å². The molecule has 142 valence electrons. The van der Waals surface area contributed by atoms with Crippen LogP contribution in [-0.4, -0.2) is 17.7 Å². The zero-order valence-corrected chi connectivity index (χ0v) is 16.2. The predicted molar refractivity (Wildman–Crippen MR) is 109 cm³/mol. The van der Waals surface area contributed by atoms with Gasteiger partial charge < -0.3 is 10.4 Å². The zero-order valence-electron chi connectivity index (χ0n) is 16.2. The number of hydrogen-bond donors (Lipinski definition) is 2. The van der Waals surface area contributed by atoms with E-state index in [2.05, 4.69) is 42.6 Å². The zero-order chi connectivity index (χ0) is 18.4. The second-order valence-electron chi connectivity index (χ2n) is 9.12. The minimum absolute atomic E-state index is 0.0646. The van der Waals surface area contributed by atoms with Crippen LogP contribution in [0.4, 0.5) is 0 Å². The van der Waals surface area contributed by atoms with Crippen LogP contribution < -0.4 is 5.32 Å². The van der Waals surface area contributed by atoms with Gasteiger partial charge in [0.05, 0.1) is 6.10 Å². The lowest BCUT2D eigenvalue weighted by Crippen LogP contribution is -2.34. The molecule has 0 spiro atoms. The monoisotopic (exact) mass is 361 g/mol. The summed E-state index contributed by atoms with van der Waals surface area (Å²) in [4.78, 5) is 0. The molecule has 2 aromatic rings. The molecule has 0 saturated heterocycles. The van der Waals surface area contributed by atoms with Crippen LogP contribution in [0.25, 0.3) is 0 Å². The highest BCUT2D eigenvalue weighted by atomic mass is 16.3. The lowest BCUT2D eigenvalue weighted by atomic mass is 9.78. The molecule has 6 unspecified atom stereocenters. The Bertz CT molecular complexity index is 746. The molecule has 4 bridgehead atoms. The van der Waals surface area contributed by atoms with Crippen LogP contribution in [0, 0.1) is 29.6 Å². The summed E-state index contributed by atoms with van der Waals surface area (Å²) in [7, 11) is 0. The third-order valence-corrected chi connectivity index (χ3v) is 7.77. The van der Waals surface area contributed by atoms with E-state index < -0.39 is 6.10 Å². The van der Waals surface area contributed by atoms with Gasteiger partial charge >= 0.3 is 0 Å². The van der Waals surface area contributed by atoms with Gasteiger partial charge in [0.15, 0.2) is 0 Å². The number of aliphatic hydroxyl groups excluding tert-OH is 1. The maximum Gasteiger partial charge on any atom is 0.0940 e. The van der Waals surface area contributed by atoms with Crippen molar-refractivity contribution >= 4 is 0 Å². The molecule has 6 atom stereocenters. The SMILES string of the molecule is CC(NCCC(c1ccccc1)C1C2CC3C(C2)C31)C(O)c1ccccc1. The fourth-order valence-electron chi connectivity index (χ4n) is 6.53. The van der Waals surface area contributed by atoms with Gasteiger partial charge in [-0.2, -0.15) is 0 Å². The van der Waals surface area contributed by atoms with Gasteiger partial charge in [-0.15, -0.1) is 0 Å². The molecule has 0 amide bonds. The summed E-state index contributed by atoms with van der Waals surface area (Å²) in [6.07, 6.45) is 3.72. The largest absolute Gasteiger partial charge is 0.387 e. The molecule has 6 rings (SSSR count). The molecule has 2 aromatic carbocycles. The van der Waals surface area contributed by atoms with E-state index in [-0.39, 0.29) is 6.04 Å². The molecule has 0 aromatic heterocycles. The van der Waals surface area contributed by atoms with Crippen molar-refractivity contribution in [2.24, 2.45) is 29.6 Å². The predicted octanol–water partition coefficient (Wildman–Crippen LogP) is 4.77. The highest BCUT2D eigenvalue weighted by Crippen LogP contribution is 2.75. The van der Waals surface area contributed by atoms with Crippen molar-refractivity contribution in [2.45, 2.75) is 44.2 Å². The number of benzene rings is 2. The quantitative estimate of drug-likeness (QED) is 0.709. The van der Waals surface area contributed by atoms with E-state index in [0.29, 0.717) is 5.92 Å². The Hall–Kier alpha value is -1.64. The molecular weight excluding hydrogens is 330 g/mol. The molecular formula is C25H31NO. The minimum atomic E-state index is -0.450. The van der Waals surface area contributed by atoms with Crippen LogP contribution in [0.5, 0.6) is 0 Å². The van der Waals surface area contributed by atoms with Crippen molar-refractivity contribution in [2.75, 3.05) is 6.54 Å². The van der Waals surface area contributed by atoms with Gasteiger partial charge in [-0.3, -0.25) is 0 Å². The minimum Gasteiger partial charge on any atom is -0.387 e. The van der Waals surface area contributed by atoms with Gasteiger partial charge in [0.25, 0.3) is 0 Å². The molecule has 27 heavy (non-hydrogen) atoms. The molecule has 0 heterocycles. The third kappa shape index (κ3) is 3.13. The van der Waals surface area contributed by atoms with Gasteiger partial charge in [0.1, 0.15) is 0 Å². The summed E-state index contributed by atoms with van der Waals surface area (Å²) < 4.78 is 0. The van der Waals surface area contributed by atoms with Gasteiger partial charge in [-0.05, 0) is 79.4 Å². The lowest BCUT2D eigenvalue weighted by Gasteiger charge is -2.29. The van der Waals surface area contributed by atoms with Gasteiger partial charge in [-0.25, -0.2) is 0 Å². The maximum absolute atomic E-state index is 10.6. The van der Waals surface area contributed by atoms with E-state index in [4.69, 9.17) is 0 Å². The first kappa shape index (κ1) is 17.5. The number of aliphatic hydroxyl groups is 1. The molecule has 4 saturated carbocycles. The fraction of sp³-hybridized carbons (Fsp3) is 0.520. The van der Waals surface area contributed by atoms with Crippen molar-refractivity contribution in [3.8, 4) is 0 Å². The Kier molecular flexibility index (Phi) is 4.57. The summed E-state index contributed by atoms with van der Waals surface area (Å²) in [5.74, 6) is 5.71. The lowest BCUT2D eigenvalue weighted by molar-refractivity contribution is 0.135. The van der Waals surface area contributed by atoms with E-state index in [9.17, 15) is 5.11 Å². The summed E-state index contributed by atoms with van der Waals surface area (Å²) in [6.45, 7) is 3.06. The first-order valence-electron chi connectivity index (χ1n) is 10.8. The van der Waals surface area contributed by atoms with Crippen LogP contribution in [0.1, 0.15) is 49.3 Å². The highest BCUT2D eigenvalue weighted by molar-refractivity contribution is 5.27. The standard InChI is InChI=1S/C25H31NO/c1-16(25(27)18-10-6-3-7-11-18)26-13-12-20(17-8-4-2-5-9-17)23-19-14-21-22(15-19)24(21)23/h2-11,16,19-27H,12-15H2,1H3. The van der Waals surface area contributed by atoms with Crippen LogP contribution in [0.3, 0.4) is 0 Å². The summed E-state index contributed by atoms with van der Waals surface area (Å²) >= 11 is 0. The molecule has 2 nitrogen and oxygen atoms in total. The first-order chi connectivity index (χ1) is 13.2. The van der Waals surface area contributed by atoms with E-state index in [0.717, 1.165) is 41.7 Å². The number of hydrogen-bond acceptors (Lipinski definition) is 2. The molecule has 2 heteroatoms. The summed E-state index contributed by atoms with van der Waals surface area (Å²) in [5, 5.41) is 14.2. The summed E-state index contributed by atoms with van der Waals surface area (Å²) in [5.41, 5.74) is 2.52. The van der Waals surface area contributed by atoms with Crippen LogP contribution in [-0.2, 0) is 0 Å². The molecule has 2 N–H and O–H groups in total. The topological polar surface area (TPSA) is 32.3 Å². The first-order valence-corrected chi connectivity index (χ1v) is 10.8. The van der Waals surface area contributed by atoms with Crippen molar-refractivity contribution in [1.82, 2.24) is 5.32 Å². The van der Waals surface area contributed by atoms with Crippen molar-refractivity contribution in [1.29, 1.82) is 0 Å². The van der Waals surface area contributed by atoms with Gasteiger partial charge in [0.2, 0.25) is 0 Å². The molecule has 0 aliphatic heterocycles. The fourth-order valence-corrected chi connectivity index (χ4v) is 6.53. The third-order valence-electron chi connectivity index (χ3n) is 7.77. The van der Waals surface area contributed by atoms with Crippen LogP contribution >= 0.6 is 0 Å². The smallest absolute Gasteiger partial charge is 0.0940 e. The van der Waals surface area contributed by atoms with E-state index in [1.807, 2.05) is 30.3 Å². The second kappa shape index (κ2) is 7.07. The highest BCUT2D eigenvalue weighted by Gasteiger charge is 2.69. The van der Waals surface area contributed by atoms with Gasteiger partial charge in [-0.1, -0.05) is 60.7 Å².